The van der Waals surface area contributed by atoms with Crippen molar-refractivity contribution < 1.29 is 9.84 Å². The molecule has 1 aliphatic heterocycles. The minimum Gasteiger partial charge on any atom is -0.508 e. The average Bonchev–Trinajstić information content (AvgIpc) is 2.77. The maximum Gasteiger partial charge on any atom is 0.115 e. The molecule has 1 aliphatic rings. The summed E-state index contributed by atoms with van der Waals surface area (Å²) in [5, 5.41) is 13.1. The fraction of sp³-hybridized carbons (Fsp3) is 0.600. The molecule has 0 aromatic heterocycles. The largest absolute Gasteiger partial charge is 0.508 e. The van der Waals surface area contributed by atoms with E-state index in [9.17, 15) is 5.11 Å². The molecule has 0 aliphatic carbocycles. The molecule has 0 spiro atoms. The predicted octanol–water partition coefficient (Wildman–Crippen LogP) is 2.48. The van der Waals surface area contributed by atoms with Gasteiger partial charge < -0.3 is 15.2 Å². The van der Waals surface area contributed by atoms with Gasteiger partial charge in [-0.1, -0.05) is 19.1 Å². The molecule has 0 amide bonds. The molecule has 1 heterocycles. The third-order valence-electron chi connectivity index (χ3n) is 3.79. The number of hydrogen-bond donors (Lipinski definition) is 2. The second kappa shape index (κ2) is 5.72. The van der Waals surface area contributed by atoms with Crippen molar-refractivity contribution in [3.63, 3.8) is 0 Å². The van der Waals surface area contributed by atoms with Crippen LogP contribution in [-0.2, 0) is 11.2 Å². The average molecular weight is 249 g/mol. The Morgan fingerprint density at radius 3 is 2.94 bits per heavy atom. The molecule has 18 heavy (non-hydrogen) atoms. The molecule has 0 radical (unpaired) electrons. The molecule has 1 fully saturated rings. The first kappa shape index (κ1) is 13.4. The van der Waals surface area contributed by atoms with Crippen molar-refractivity contribution in [2.45, 2.75) is 44.8 Å². The molecule has 2 atom stereocenters. The second-order valence-corrected chi connectivity index (χ2v) is 5.25. The van der Waals surface area contributed by atoms with E-state index < -0.39 is 0 Å². The summed E-state index contributed by atoms with van der Waals surface area (Å²) in [5.41, 5.74) is 1.07. The molecule has 1 aromatic rings. The van der Waals surface area contributed by atoms with Crippen LogP contribution < -0.4 is 5.32 Å². The van der Waals surface area contributed by atoms with Gasteiger partial charge in [0.05, 0.1) is 5.60 Å². The Hall–Kier alpha value is -1.06. The van der Waals surface area contributed by atoms with Gasteiger partial charge in [-0.2, -0.15) is 0 Å². The van der Waals surface area contributed by atoms with Crippen LogP contribution in [0.25, 0.3) is 0 Å². The molecule has 3 nitrogen and oxygen atoms in total. The smallest absolute Gasteiger partial charge is 0.115 e. The molecular formula is C15H23NO2. The van der Waals surface area contributed by atoms with Gasteiger partial charge in [-0.3, -0.25) is 0 Å². The lowest BCUT2D eigenvalue weighted by Gasteiger charge is -2.34. The van der Waals surface area contributed by atoms with E-state index >= 15 is 0 Å². The Bertz CT molecular complexity index is 386. The molecule has 3 heteroatoms. The van der Waals surface area contributed by atoms with E-state index in [2.05, 4.69) is 25.2 Å². The molecule has 0 bridgehead atoms. The fourth-order valence-corrected chi connectivity index (χ4v) is 2.74. The molecule has 100 valence electrons. The van der Waals surface area contributed by atoms with Gasteiger partial charge in [-0.25, -0.2) is 0 Å². The van der Waals surface area contributed by atoms with Crippen LogP contribution in [0.3, 0.4) is 0 Å². The Morgan fingerprint density at radius 1 is 1.50 bits per heavy atom. The van der Waals surface area contributed by atoms with E-state index in [0.29, 0.717) is 11.8 Å². The van der Waals surface area contributed by atoms with Crippen LogP contribution >= 0.6 is 0 Å². The minimum atomic E-state index is -0.0819. The van der Waals surface area contributed by atoms with Crippen molar-refractivity contribution in [2.75, 3.05) is 13.2 Å². The van der Waals surface area contributed by atoms with Crippen LogP contribution in [-0.4, -0.2) is 29.9 Å². The van der Waals surface area contributed by atoms with Gasteiger partial charge in [0.1, 0.15) is 5.75 Å². The lowest BCUT2D eigenvalue weighted by molar-refractivity contribution is -0.0110. The lowest BCUT2D eigenvalue weighted by atomic mass is 9.88. The van der Waals surface area contributed by atoms with Crippen molar-refractivity contribution in [3.8, 4) is 5.75 Å². The molecule has 1 aromatic carbocycles. The van der Waals surface area contributed by atoms with E-state index in [4.69, 9.17) is 4.74 Å². The van der Waals surface area contributed by atoms with Gasteiger partial charge in [0.15, 0.2) is 0 Å². The zero-order valence-electron chi connectivity index (χ0n) is 11.3. The van der Waals surface area contributed by atoms with E-state index in [1.54, 1.807) is 6.07 Å². The monoisotopic (exact) mass is 249 g/mol. The van der Waals surface area contributed by atoms with Gasteiger partial charge in [0, 0.05) is 12.6 Å². The normalized spacial score (nSPS) is 25.2. The summed E-state index contributed by atoms with van der Waals surface area (Å²) in [6.45, 7) is 6.10. The highest BCUT2D eigenvalue weighted by Crippen LogP contribution is 2.30. The first-order valence-corrected chi connectivity index (χ1v) is 6.79. The van der Waals surface area contributed by atoms with Gasteiger partial charge in [0.25, 0.3) is 0 Å². The Morgan fingerprint density at radius 2 is 2.33 bits per heavy atom. The lowest BCUT2D eigenvalue weighted by Crippen LogP contribution is -2.49. The zero-order valence-corrected chi connectivity index (χ0v) is 11.3. The van der Waals surface area contributed by atoms with E-state index in [1.807, 2.05) is 12.1 Å². The van der Waals surface area contributed by atoms with Crippen LogP contribution in [0.2, 0.25) is 0 Å². The SMILES string of the molecule is CCNC(Cc1cccc(O)c1)C1(C)CCCO1. The Labute approximate surface area is 109 Å². The molecular weight excluding hydrogens is 226 g/mol. The van der Waals surface area contributed by atoms with Gasteiger partial charge >= 0.3 is 0 Å². The highest BCUT2D eigenvalue weighted by molar-refractivity contribution is 5.28. The van der Waals surface area contributed by atoms with Crippen molar-refractivity contribution in [1.29, 1.82) is 0 Å². The van der Waals surface area contributed by atoms with Crippen LogP contribution in [0, 0.1) is 0 Å². The van der Waals surface area contributed by atoms with Crippen LogP contribution in [0.15, 0.2) is 24.3 Å². The number of hydrogen-bond acceptors (Lipinski definition) is 3. The molecule has 2 unspecified atom stereocenters. The molecule has 2 rings (SSSR count). The number of likely N-dealkylation sites (N-methyl/N-ethyl adjacent to an activating group) is 1. The highest BCUT2D eigenvalue weighted by atomic mass is 16.5. The maximum atomic E-state index is 9.53. The topological polar surface area (TPSA) is 41.5 Å². The first-order valence-electron chi connectivity index (χ1n) is 6.79. The van der Waals surface area contributed by atoms with Gasteiger partial charge in [-0.15, -0.1) is 0 Å². The van der Waals surface area contributed by atoms with Gasteiger partial charge in [-0.05, 0) is 50.4 Å². The summed E-state index contributed by atoms with van der Waals surface area (Å²) in [5.74, 6) is 0.334. The number of phenolic OH excluding ortho intramolecular Hbond substituents is 1. The molecule has 0 saturated carbocycles. The van der Waals surface area contributed by atoms with Crippen molar-refractivity contribution >= 4 is 0 Å². The molecule has 2 N–H and O–H groups in total. The predicted molar refractivity (Wildman–Crippen MR) is 72.9 cm³/mol. The van der Waals surface area contributed by atoms with Crippen molar-refractivity contribution in [2.24, 2.45) is 0 Å². The van der Waals surface area contributed by atoms with Crippen LogP contribution in [0.1, 0.15) is 32.3 Å². The number of nitrogens with one attached hydrogen (secondary N) is 1. The van der Waals surface area contributed by atoms with Gasteiger partial charge in [0.2, 0.25) is 0 Å². The quantitative estimate of drug-likeness (QED) is 0.842. The minimum absolute atomic E-state index is 0.0819. The molecule has 1 saturated heterocycles. The van der Waals surface area contributed by atoms with Crippen LogP contribution in [0.5, 0.6) is 5.75 Å². The summed E-state index contributed by atoms with van der Waals surface area (Å²) in [6, 6.07) is 7.79. The zero-order chi connectivity index (χ0) is 13.0. The van der Waals surface area contributed by atoms with Crippen molar-refractivity contribution in [3.05, 3.63) is 29.8 Å². The summed E-state index contributed by atoms with van der Waals surface area (Å²) >= 11 is 0. The Kier molecular flexibility index (Phi) is 4.25. The summed E-state index contributed by atoms with van der Waals surface area (Å²) in [7, 11) is 0. The second-order valence-electron chi connectivity index (χ2n) is 5.25. The highest BCUT2D eigenvalue weighted by Gasteiger charge is 2.37. The number of rotatable bonds is 5. The van der Waals surface area contributed by atoms with Crippen LogP contribution in [0.4, 0.5) is 0 Å². The summed E-state index contributed by atoms with van der Waals surface area (Å²) < 4.78 is 5.93. The number of ether oxygens (including phenoxy) is 1. The summed E-state index contributed by atoms with van der Waals surface area (Å²) in [6.07, 6.45) is 3.13. The number of benzene rings is 1. The third kappa shape index (κ3) is 3.03. The third-order valence-corrected chi connectivity index (χ3v) is 3.79. The summed E-state index contributed by atoms with van der Waals surface area (Å²) in [4.78, 5) is 0. The van der Waals surface area contributed by atoms with E-state index in [-0.39, 0.29) is 5.60 Å². The van der Waals surface area contributed by atoms with Crippen molar-refractivity contribution in [1.82, 2.24) is 5.32 Å². The Balaban J connectivity index is 2.10. The number of aromatic hydroxyl groups is 1. The first-order chi connectivity index (χ1) is 8.64. The maximum absolute atomic E-state index is 9.53. The van der Waals surface area contributed by atoms with E-state index in [1.165, 1.54) is 0 Å². The fourth-order valence-electron chi connectivity index (χ4n) is 2.74. The number of phenols is 1. The standard InChI is InChI=1S/C15H23NO2/c1-3-16-14(15(2)8-5-9-18-15)11-12-6-4-7-13(17)10-12/h4,6-7,10,14,16-17H,3,5,8-9,11H2,1-2H3. The van der Waals surface area contributed by atoms with E-state index in [0.717, 1.165) is 38.0 Å².